The Morgan fingerprint density at radius 3 is 2.40 bits per heavy atom. The molecule has 0 spiro atoms. The van der Waals surface area contributed by atoms with Gasteiger partial charge in [0.05, 0.1) is 28.4 Å². The van der Waals surface area contributed by atoms with Crippen LogP contribution in [0, 0.1) is 0 Å². The quantitative estimate of drug-likeness (QED) is 0.411. The first-order valence-corrected chi connectivity index (χ1v) is 8.59. The van der Waals surface area contributed by atoms with Gasteiger partial charge in [-0.1, -0.05) is 7.43 Å². The number of amides is 1. The number of thiophene rings is 1. The zero-order chi connectivity index (χ0) is 21.2. The normalized spacial score (nSPS) is 10.8. The fourth-order valence-electron chi connectivity index (χ4n) is 2.30. The van der Waals surface area contributed by atoms with Gasteiger partial charge in [-0.2, -0.15) is 18.3 Å². The zero-order valence-corrected chi connectivity index (χ0v) is 15.0. The van der Waals surface area contributed by atoms with E-state index in [9.17, 15) is 18.0 Å². The summed E-state index contributed by atoms with van der Waals surface area (Å²) < 4.78 is 33.4. The van der Waals surface area contributed by atoms with Crippen molar-refractivity contribution in [3.8, 4) is 22.3 Å². The lowest BCUT2D eigenvalue weighted by molar-refractivity contribution is -0.578. The number of carboxylic acids is 1. The SMILES string of the molecule is C.NC(=O)c1cc(-c2c[nH][n+]3cc(-c4cn[nH]c4)cnc23)cs1.O=C([O-])C(F)(F)F. The highest BCUT2D eigenvalue weighted by molar-refractivity contribution is 7.12. The molecule has 0 radical (unpaired) electrons. The summed E-state index contributed by atoms with van der Waals surface area (Å²) >= 11 is 1.33. The number of aromatic nitrogens is 5. The van der Waals surface area contributed by atoms with Gasteiger partial charge >= 0.3 is 11.8 Å². The van der Waals surface area contributed by atoms with Crippen molar-refractivity contribution in [1.29, 1.82) is 0 Å². The molecule has 13 heteroatoms. The Morgan fingerprint density at radius 2 is 1.87 bits per heavy atom. The van der Waals surface area contributed by atoms with E-state index < -0.39 is 18.1 Å². The predicted octanol–water partition coefficient (Wildman–Crippen LogP) is 1.30. The lowest BCUT2D eigenvalue weighted by atomic mass is 10.1. The molecule has 0 fully saturated rings. The lowest BCUT2D eigenvalue weighted by Crippen LogP contribution is -2.37. The summed E-state index contributed by atoms with van der Waals surface area (Å²) in [6.07, 6.45) is 3.95. The number of H-pyrrole nitrogens is 2. The minimum absolute atomic E-state index is 0. The van der Waals surface area contributed by atoms with E-state index >= 15 is 0 Å². The van der Waals surface area contributed by atoms with Gasteiger partial charge in [0.2, 0.25) is 0 Å². The molecular formula is C17H15F3N6O3S. The van der Waals surface area contributed by atoms with Crippen molar-refractivity contribution in [3.05, 3.63) is 47.3 Å². The van der Waals surface area contributed by atoms with Crippen LogP contribution in [0.25, 0.3) is 27.9 Å². The topological polar surface area (TPSA) is 145 Å². The van der Waals surface area contributed by atoms with E-state index in [2.05, 4.69) is 20.3 Å². The van der Waals surface area contributed by atoms with Crippen molar-refractivity contribution in [2.24, 2.45) is 5.73 Å². The highest BCUT2D eigenvalue weighted by Crippen LogP contribution is 2.27. The van der Waals surface area contributed by atoms with E-state index in [4.69, 9.17) is 15.6 Å². The molecule has 4 rings (SSSR count). The molecule has 4 aromatic rings. The fraction of sp³-hybridized carbons (Fsp3) is 0.118. The molecule has 4 heterocycles. The fourth-order valence-corrected chi connectivity index (χ4v) is 3.06. The average Bonchev–Trinajstić information content (AvgIpc) is 3.40. The van der Waals surface area contributed by atoms with E-state index in [0.29, 0.717) is 4.88 Å². The number of halogens is 3. The van der Waals surface area contributed by atoms with Gasteiger partial charge < -0.3 is 15.6 Å². The molecule has 0 aliphatic rings. The number of carbonyl (C=O) groups is 2. The maximum Gasteiger partial charge on any atom is 0.430 e. The molecular weight excluding hydrogens is 425 g/mol. The minimum atomic E-state index is -5.19. The van der Waals surface area contributed by atoms with Gasteiger partial charge in [-0.3, -0.25) is 9.89 Å². The second-order valence-corrected chi connectivity index (χ2v) is 6.47. The number of primary amides is 1. The van der Waals surface area contributed by atoms with Crippen LogP contribution in [0.1, 0.15) is 17.1 Å². The molecule has 30 heavy (non-hydrogen) atoms. The molecule has 0 atom stereocenters. The van der Waals surface area contributed by atoms with E-state index in [1.807, 2.05) is 28.5 Å². The second-order valence-electron chi connectivity index (χ2n) is 5.56. The first-order chi connectivity index (χ1) is 13.7. The molecule has 0 aliphatic heterocycles. The first kappa shape index (κ1) is 22.5. The van der Waals surface area contributed by atoms with Gasteiger partial charge in [0.15, 0.2) is 6.20 Å². The number of carbonyl (C=O) groups excluding carboxylic acids is 2. The van der Waals surface area contributed by atoms with Crippen molar-refractivity contribution < 1.29 is 32.4 Å². The Bertz CT molecular complexity index is 1170. The molecule has 0 aromatic carbocycles. The maximum atomic E-state index is 11.2. The van der Waals surface area contributed by atoms with E-state index in [-0.39, 0.29) is 7.43 Å². The lowest BCUT2D eigenvalue weighted by Gasteiger charge is -2.03. The van der Waals surface area contributed by atoms with Crippen molar-refractivity contribution in [2.45, 2.75) is 13.6 Å². The van der Waals surface area contributed by atoms with Crippen LogP contribution in [0.2, 0.25) is 0 Å². The third kappa shape index (κ3) is 4.81. The molecule has 0 bridgehead atoms. The second kappa shape index (κ2) is 8.73. The van der Waals surface area contributed by atoms with Crippen LogP contribution in [0.5, 0.6) is 0 Å². The third-order valence-corrected chi connectivity index (χ3v) is 4.57. The highest BCUT2D eigenvalue weighted by atomic mass is 32.1. The van der Waals surface area contributed by atoms with E-state index in [0.717, 1.165) is 27.9 Å². The summed E-state index contributed by atoms with van der Waals surface area (Å²) in [6.45, 7) is 0. The van der Waals surface area contributed by atoms with Gasteiger partial charge in [-0.15, -0.1) is 15.9 Å². The van der Waals surface area contributed by atoms with Crippen LogP contribution in [0.15, 0.2) is 42.4 Å². The predicted molar refractivity (Wildman–Crippen MR) is 99.0 cm³/mol. The van der Waals surface area contributed by atoms with Crippen molar-refractivity contribution in [2.75, 3.05) is 0 Å². The van der Waals surface area contributed by atoms with Crippen LogP contribution < -0.4 is 15.4 Å². The highest BCUT2D eigenvalue weighted by Gasteiger charge is 2.28. The van der Waals surface area contributed by atoms with Crippen LogP contribution in [-0.2, 0) is 4.79 Å². The van der Waals surface area contributed by atoms with E-state index in [1.54, 1.807) is 18.5 Å². The van der Waals surface area contributed by atoms with Gasteiger partial charge in [-0.25, -0.2) is 5.10 Å². The Labute approximate surface area is 171 Å². The van der Waals surface area contributed by atoms with Crippen LogP contribution in [0.4, 0.5) is 13.2 Å². The number of hydrogen-bond donors (Lipinski definition) is 3. The van der Waals surface area contributed by atoms with Gasteiger partial charge in [0.1, 0.15) is 12.2 Å². The Balaban J connectivity index is 0.000000350. The van der Waals surface area contributed by atoms with Gasteiger partial charge in [0, 0.05) is 17.3 Å². The Morgan fingerprint density at radius 1 is 1.17 bits per heavy atom. The molecule has 0 saturated carbocycles. The monoisotopic (exact) mass is 440 g/mol. The molecule has 158 valence electrons. The Hall–Kier alpha value is -3.74. The van der Waals surface area contributed by atoms with Gasteiger partial charge in [0.25, 0.3) is 5.91 Å². The number of nitrogens with zero attached hydrogens (tertiary/aromatic N) is 3. The number of nitrogens with two attached hydrogens (primary N) is 1. The van der Waals surface area contributed by atoms with Crippen molar-refractivity contribution >= 4 is 28.9 Å². The number of carboxylic acid groups (broad SMARTS) is 1. The first-order valence-electron chi connectivity index (χ1n) is 7.71. The number of hydrogen-bond acceptors (Lipinski definition) is 6. The molecule has 1 amide bonds. The molecule has 0 saturated heterocycles. The molecule has 9 nitrogen and oxygen atoms in total. The summed E-state index contributed by atoms with van der Waals surface area (Å²) in [5.41, 5.74) is 9.83. The number of aliphatic carboxylic acids is 1. The third-order valence-electron chi connectivity index (χ3n) is 3.63. The number of fused-ring (bicyclic) bond motifs is 1. The van der Waals surface area contributed by atoms with Crippen LogP contribution in [-0.4, -0.2) is 38.3 Å². The summed E-state index contributed by atoms with van der Waals surface area (Å²) in [4.78, 5) is 25.0. The molecule has 0 unspecified atom stereocenters. The summed E-state index contributed by atoms with van der Waals surface area (Å²) in [5, 5.41) is 20.5. The van der Waals surface area contributed by atoms with Crippen LogP contribution in [0.3, 0.4) is 0 Å². The number of rotatable bonds is 3. The van der Waals surface area contributed by atoms with Crippen LogP contribution >= 0.6 is 11.3 Å². The number of alkyl halides is 3. The Kier molecular flexibility index (Phi) is 6.56. The van der Waals surface area contributed by atoms with Crippen molar-refractivity contribution in [3.63, 3.8) is 0 Å². The number of aromatic amines is 2. The summed E-state index contributed by atoms with van der Waals surface area (Å²) in [7, 11) is 0. The van der Waals surface area contributed by atoms with Crippen molar-refractivity contribution in [1.82, 2.24) is 20.3 Å². The summed E-state index contributed by atoms with van der Waals surface area (Å²) in [5.74, 6) is -3.42. The smallest absolute Gasteiger partial charge is 0.430 e. The largest absolute Gasteiger partial charge is 0.542 e. The zero-order valence-electron chi connectivity index (χ0n) is 14.2. The van der Waals surface area contributed by atoms with E-state index in [1.165, 1.54) is 11.3 Å². The maximum absolute atomic E-state index is 11.2. The minimum Gasteiger partial charge on any atom is -0.542 e. The number of nitrogens with one attached hydrogen (secondary N) is 2. The van der Waals surface area contributed by atoms with Gasteiger partial charge in [-0.05, 0) is 16.4 Å². The average molecular weight is 440 g/mol. The molecule has 4 N–H and O–H groups in total. The molecule has 4 aromatic heterocycles. The molecule has 0 aliphatic carbocycles. The standard InChI is InChI=1S/C14H10N6OS.C2HF3O2.CH4/c15-13(21)12-1-8(7-22-12)11-5-19-20-6-10(2-16-14(11)20)9-3-17-18-4-9;3-2(4,5)1(6)7;/h1-7H,(H3,15,17,18,21);(H,6,7);1H4. The summed E-state index contributed by atoms with van der Waals surface area (Å²) in [6, 6.07) is 1.78.